The fourth-order valence-corrected chi connectivity index (χ4v) is 3.66. The van der Waals surface area contributed by atoms with E-state index in [0.29, 0.717) is 19.1 Å². The van der Waals surface area contributed by atoms with Crippen molar-refractivity contribution in [2.24, 2.45) is 10.9 Å². The Morgan fingerprint density at radius 1 is 1.33 bits per heavy atom. The minimum absolute atomic E-state index is 0. The zero-order chi connectivity index (χ0) is 23.6. The maximum atomic E-state index is 12.2. The van der Waals surface area contributed by atoms with Crippen molar-refractivity contribution in [3.05, 3.63) is 30.1 Å². The summed E-state index contributed by atoms with van der Waals surface area (Å²) in [5.74, 6) is 1.07. The van der Waals surface area contributed by atoms with Gasteiger partial charge in [-0.2, -0.15) is 0 Å². The first-order valence-corrected chi connectivity index (χ1v) is 11.8. The van der Waals surface area contributed by atoms with Crippen molar-refractivity contribution in [3.63, 3.8) is 0 Å². The Bertz CT molecular complexity index is 717. The molecule has 1 fully saturated rings. The fourth-order valence-electron chi connectivity index (χ4n) is 3.66. The van der Waals surface area contributed by atoms with Crippen molar-refractivity contribution in [2.75, 3.05) is 39.8 Å². The second-order valence-corrected chi connectivity index (χ2v) is 9.70. The molecule has 1 saturated heterocycles. The Morgan fingerprint density at radius 3 is 2.61 bits per heavy atom. The number of guanidine groups is 1. The van der Waals surface area contributed by atoms with Crippen LogP contribution in [0.3, 0.4) is 0 Å². The van der Waals surface area contributed by atoms with E-state index in [1.54, 1.807) is 11.9 Å². The van der Waals surface area contributed by atoms with E-state index in [-0.39, 0.29) is 36.0 Å². The average Bonchev–Trinajstić information content (AvgIpc) is 2.73. The molecule has 1 aromatic rings. The first-order valence-electron chi connectivity index (χ1n) is 11.8. The fraction of sp³-hybridized carbons (Fsp3) is 0.708. The zero-order valence-corrected chi connectivity index (χ0v) is 23.5. The summed E-state index contributed by atoms with van der Waals surface area (Å²) in [6.07, 6.45) is 3.72. The number of rotatable bonds is 8. The molecule has 9 heteroatoms. The molecule has 0 spiro atoms. The van der Waals surface area contributed by atoms with Crippen molar-refractivity contribution >= 4 is 36.0 Å². The van der Waals surface area contributed by atoms with Gasteiger partial charge in [0.15, 0.2) is 5.96 Å². The van der Waals surface area contributed by atoms with Crippen molar-refractivity contribution < 1.29 is 9.53 Å². The second-order valence-electron chi connectivity index (χ2n) is 9.70. The van der Waals surface area contributed by atoms with E-state index in [1.807, 2.05) is 39.1 Å². The maximum absolute atomic E-state index is 12.2. The zero-order valence-electron chi connectivity index (χ0n) is 21.1. The van der Waals surface area contributed by atoms with Crippen LogP contribution in [-0.4, -0.2) is 78.3 Å². The van der Waals surface area contributed by atoms with Gasteiger partial charge in [0.2, 0.25) is 0 Å². The van der Waals surface area contributed by atoms with Crippen molar-refractivity contribution in [1.29, 1.82) is 0 Å². The molecule has 2 heterocycles. The molecule has 0 aromatic carbocycles. The standard InChI is InChI=1S/C24H42N6O2.HI/c1-7-25-22(27-16-19(2)17-29(6)23(31)32-24(3,4)5)28-20-11-14-30(15-12-20)18-21-10-8-9-13-26-21;/h8-10,13,19-20H,7,11-12,14-18H2,1-6H3,(H2,25,27,28);1H. The van der Waals surface area contributed by atoms with Gasteiger partial charge in [0.1, 0.15) is 5.60 Å². The smallest absolute Gasteiger partial charge is 0.410 e. The lowest BCUT2D eigenvalue weighted by atomic mass is 10.0. The molecule has 2 N–H and O–H groups in total. The van der Waals surface area contributed by atoms with Gasteiger partial charge in [-0.05, 0) is 58.6 Å². The summed E-state index contributed by atoms with van der Waals surface area (Å²) in [6.45, 7) is 14.9. The highest BCUT2D eigenvalue weighted by molar-refractivity contribution is 14.0. The number of carbonyl (C=O) groups is 1. The SMILES string of the molecule is CCNC(=NCC(C)CN(C)C(=O)OC(C)(C)C)NC1CCN(Cc2ccccn2)CC1.I. The minimum Gasteiger partial charge on any atom is -0.444 e. The molecule has 0 radical (unpaired) electrons. The average molecular weight is 575 g/mol. The largest absolute Gasteiger partial charge is 0.444 e. The van der Waals surface area contributed by atoms with Crippen molar-refractivity contribution in [3.8, 4) is 0 Å². The Balaban J connectivity index is 0.00000544. The molecule has 33 heavy (non-hydrogen) atoms. The van der Waals surface area contributed by atoms with Gasteiger partial charge in [-0.25, -0.2) is 4.79 Å². The van der Waals surface area contributed by atoms with Crippen molar-refractivity contribution in [2.45, 2.75) is 65.6 Å². The van der Waals surface area contributed by atoms with Crippen LogP contribution in [0.5, 0.6) is 0 Å². The number of carbonyl (C=O) groups excluding carboxylic acids is 1. The van der Waals surface area contributed by atoms with Crippen LogP contribution in [-0.2, 0) is 11.3 Å². The van der Waals surface area contributed by atoms with Gasteiger partial charge in [-0.3, -0.25) is 14.9 Å². The number of aliphatic imine (C=N–C) groups is 1. The van der Waals surface area contributed by atoms with E-state index in [4.69, 9.17) is 9.73 Å². The molecule has 2 rings (SSSR count). The number of hydrogen-bond donors (Lipinski definition) is 2. The Hall–Kier alpha value is -1.62. The molecule has 1 aliphatic rings. The molecule has 8 nitrogen and oxygen atoms in total. The Labute approximate surface area is 217 Å². The number of aromatic nitrogens is 1. The quantitative estimate of drug-likeness (QED) is 0.280. The molecule has 1 aromatic heterocycles. The van der Waals surface area contributed by atoms with Crippen LogP contribution in [0.2, 0.25) is 0 Å². The molecule has 0 bridgehead atoms. The number of amides is 1. The highest BCUT2D eigenvalue weighted by Crippen LogP contribution is 2.13. The monoisotopic (exact) mass is 574 g/mol. The lowest BCUT2D eigenvalue weighted by Gasteiger charge is -2.33. The second kappa shape index (κ2) is 14.6. The number of pyridine rings is 1. The highest BCUT2D eigenvalue weighted by atomic mass is 127. The van der Waals surface area contributed by atoms with Crippen LogP contribution < -0.4 is 10.6 Å². The van der Waals surface area contributed by atoms with Gasteiger partial charge >= 0.3 is 6.09 Å². The van der Waals surface area contributed by atoms with Crippen LogP contribution >= 0.6 is 24.0 Å². The number of nitrogens with zero attached hydrogens (tertiary/aromatic N) is 4. The van der Waals surface area contributed by atoms with E-state index in [2.05, 4.69) is 40.4 Å². The van der Waals surface area contributed by atoms with Crippen LogP contribution in [0.15, 0.2) is 29.4 Å². The number of likely N-dealkylation sites (tertiary alicyclic amines) is 1. The van der Waals surface area contributed by atoms with E-state index < -0.39 is 5.60 Å². The number of halogens is 1. The first kappa shape index (κ1) is 29.4. The molecule has 0 saturated carbocycles. The number of hydrogen-bond acceptors (Lipinski definition) is 5. The summed E-state index contributed by atoms with van der Waals surface area (Å²) in [5.41, 5.74) is 0.640. The summed E-state index contributed by atoms with van der Waals surface area (Å²) in [5, 5.41) is 6.95. The topological polar surface area (TPSA) is 82.1 Å². The van der Waals surface area contributed by atoms with Crippen LogP contribution in [0.25, 0.3) is 0 Å². The van der Waals surface area contributed by atoms with Crippen LogP contribution in [0, 0.1) is 5.92 Å². The minimum atomic E-state index is -0.484. The summed E-state index contributed by atoms with van der Waals surface area (Å²) >= 11 is 0. The Kier molecular flexibility index (Phi) is 13.0. The number of piperidine rings is 1. The summed E-state index contributed by atoms with van der Waals surface area (Å²) in [7, 11) is 1.77. The third kappa shape index (κ3) is 11.9. The maximum Gasteiger partial charge on any atom is 0.410 e. The van der Waals surface area contributed by atoms with Gasteiger partial charge in [-0.15, -0.1) is 24.0 Å². The molecule has 1 atom stereocenters. The number of ether oxygens (including phenoxy) is 1. The van der Waals surface area contributed by atoms with Crippen molar-refractivity contribution in [1.82, 2.24) is 25.4 Å². The van der Waals surface area contributed by atoms with E-state index in [0.717, 1.165) is 50.7 Å². The van der Waals surface area contributed by atoms with Gasteiger partial charge in [0, 0.05) is 58.6 Å². The van der Waals surface area contributed by atoms with E-state index in [9.17, 15) is 4.79 Å². The van der Waals surface area contributed by atoms with Gasteiger partial charge in [-0.1, -0.05) is 13.0 Å². The summed E-state index contributed by atoms with van der Waals surface area (Å²) in [4.78, 5) is 25.5. The van der Waals surface area contributed by atoms with Gasteiger partial charge in [0.25, 0.3) is 0 Å². The normalized spacial score (nSPS) is 16.5. The van der Waals surface area contributed by atoms with Gasteiger partial charge in [0.05, 0.1) is 5.69 Å². The molecule has 188 valence electrons. The van der Waals surface area contributed by atoms with Crippen LogP contribution in [0.4, 0.5) is 4.79 Å². The lowest BCUT2D eigenvalue weighted by molar-refractivity contribution is 0.0279. The van der Waals surface area contributed by atoms with E-state index in [1.165, 1.54) is 0 Å². The van der Waals surface area contributed by atoms with Gasteiger partial charge < -0.3 is 20.3 Å². The highest BCUT2D eigenvalue weighted by Gasteiger charge is 2.22. The molecule has 1 unspecified atom stereocenters. The van der Waals surface area contributed by atoms with Crippen LogP contribution in [0.1, 0.15) is 53.2 Å². The molecule has 0 aliphatic carbocycles. The summed E-state index contributed by atoms with van der Waals surface area (Å²) in [6, 6.07) is 6.49. The first-order chi connectivity index (χ1) is 15.2. The molecule has 1 amide bonds. The predicted molar refractivity (Wildman–Crippen MR) is 145 cm³/mol. The Morgan fingerprint density at radius 2 is 2.03 bits per heavy atom. The summed E-state index contributed by atoms with van der Waals surface area (Å²) < 4.78 is 5.43. The molecule has 1 aliphatic heterocycles. The molecular weight excluding hydrogens is 531 g/mol. The third-order valence-corrected chi connectivity index (χ3v) is 5.24. The predicted octanol–water partition coefficient (Wildman–Crippen LogP) is 3.72. The van der Waals surface area contributed by atoms with E-state index >= 15 is 0 Å². The number of nitrogens with one attached hydrogen (secondary N) is 2. The third-order valence-electron chi connectivity index (χ3n) is 5.24. The lowest BCUT2D eigenvalue weighted by Crippen LogP contribution is -2.48. The molecular formula is C24H43IN6O2.